The van der Waals surface area contributed by atoms with Crippen LogP contribution in [0.2, 0.25) is 0 Å². The van der Waals surface area contributed by atoms with Crippen LogP contribution in [0.15, 0.2) is 23.1 Å². The minimum absolute atomic E-state index is 0.0559. The molecule has 0 fully saturated rings. The zero-order chi connectivity index (χ0) is 15.5. The van der Waals surface area contributed by atoms with Crippen molar-refractivity contribution >= 4 is 21.4 Å². The lowest BCUT2D eigenvalue weighted by molar-refractivity contribution is 0.521. The second-order valence-corrected chi connectivity index (χ2v) is 6.92. The highest BCUT2D eigenvalue weighted by Crippen LogP contribution is 2.31. The first-order valence-corrected chi connectivity index (χ1v) is 7.58. The van der Waals surface area contributed by atoms with E-state index in [2.05, 4.69) is 6.07 Å². The summed E-state index contributed by atoms with van der Waals surface area (Å²) in [5.74, 6) is 0. The van der Waals surface area contributed by atoms with Crippen molar-refractivity contribution in [1.29, 1.82) is 5.26 Å². The first kappa shape index (κ1) is 16.3. The van der Waals surface area contributed by atoms with Gasteiger partial charge < -0.3 is 10.6 Å². The van der Waals surface area contributed by atoms with Crippen LogP contribution < -0.4 is 10.6 Å². The Labute approximate surface area is 120 Å². The molecule has 0 bridgehead atoms. The van der Waals surface area contributed by atoms with Gasteiger partial charge in [0, 0.05) is 27.2 Å². The van der Waals surface area contributed by atoms with E-state index in [1.54, 1.807) is 19.2 Å². The molecule has 0 aliphatic rings. The Morgan fingerprint density at radius 1 is 1.35 bits per heavy atom. The van der Waals surface area contributed by atoms with E-state index in [1.807, 2.05) is 11.8 Å². The van der Waals surface area contributed by atoms with Crippen LogP contribution in [0, 0.1) is 11.3 Å². The van der Waals surface area contributed by atoms with Crippen molar-refractivity contribution in [2.75, 3.05) is 31.8 Å². The number of nitrogen functional groups attached to an aromatic ring is 1. The lowest BCUT2D eigenvalue weighted by atomic mass is 10.2. The summed E-state index contributed by atoms with van der Waals surface area (Å²) in [6, 6.07) is 6.92. The van der Waals surface area contributed by atoms with Gasteiger partial charge in [-0.25, -0.2) is 12.7 Å². The first-order chi connectivity index (χ1) is 9.23. The van der Waals surface area contributed by atoms with E-state index in [0.717, 1.165) is 4.31 Å². The van der Waals surface area contributed by atoms with Crippen molar-refractivity contribution in [3.05, 3.63) is 18.2 Å². The topological polar surface area (TPSA) is 90.4 Å². The molecule has 0 aliphatic heterocycles. The number of nitriles is 1. The molecule has 1 aromatic carbocycles. The van der Waals surface area contributed by atoms with Gasteiger partial charge >= 0.3 is 0 Å². The van der Waals surface area contributed by atoms with Crippen LogP contribution in [0.1, 0.15) is 13.3 Å². The highest BCUT2D eigenvalue weighted by atomic mass is 32.2. The SMILES string of the molecule is CC(CC#N)N(C)c1cccc(S(=O)(=O)N(C)C)c1N. The third kappa shape index (κ3) is 3.03. The molecule has 1 unspecified atom stereocenters. The zero-order valence-electron chi connectivity index (χ0n) is 12.2. The van der Waals surface area contributed by atoms with Crippen molar-refractivity contribution in [3.8, 4) is 6.07 Å². The number of nitrogens with two attached hydrogens (primary N) is 1. The lowest BCUT2D eigenvalue weighted by Gasteiger charge is -2.27. The Kier molecular flexibility index (Phi) is 4.98. The van der Waals surface area contributed by atoms with Gasteiger partial charge in [-0.05, 0) is 19.1 Å². The molecule has 0 saturated carbocycles. The molecule has 1 aromatic rings. The summed E-state index contributed by atoms with van der Waals surface area (Å²) in [5, 5.41) is 8.75. The van der Waals surface area contributed by atoms with E-state index in [1.165, 1.54) is 20.2 Å². The minimum atomic E-state index is -3.58. The molecule has 0 aliphatic carbocycles. The van der Waals surface area contributed by atoms with Crippen molar-refractivity contribution in [3.63, 3.8) is 0 Å². The Morgan fingerprint density at radius 3 is 2.45 bits per heavy atom. The highest BCUT2D eigenvalue weighted by Gasteiger charge is 2.23. The van der Waals surface area contributed by atoms with E-state index in [4.69, 9.17) is 11.0 Å². The van der Waals surface area contributed by atoms with Gasteiger partial charge in [0.05, 0.1) is 23.9 Å². The largest absolute Gasteiger partial charge is 0.396 e. The van der Waals surface area contributed by atoms with Crippen molar-refractivity contribution in [1.82, 2.24) is 4.31 Å². The van der Waals surface area contributed by atoms with Gasteiger partial charge in [-0.2, -0.15) is 5.26 Å². The molecule has 0 radical (unpaired) electrons. The van der Waals surface area contributed by atoms with Crippen LogP contribution in [0.3, 0.4) is 0 Å². The maximum atomic E-state index is 12.2. The van der Waals surface area contributed by atoms with Crippen LogP contribution in [-0.4, -0.2) is 39.9 Å². The maximum Gasteiger partial charge on any atom is 0.244 e. The first-order valence-electron chi connectivity index (χ1n) is 6.14. The Balaban J connectivity index is 3.31. The molecule has 7 heteroatoms. The summed E-state index contributed by atoms with van der Waals surface area (Å²) in [5.41, 5.74) is 6.82. The third-order valence-corrected chi connectivity index (χ3v) is 5.10. The number of sulfonamides is 1. The van der Waals surface area contributed by atoms with Gasteiger partial charge in [-0.3, -0.25) is 0 Å². The summed E-state index contributed by atoms with van der Waals surface area (Å²) < 4.78 is 25.5. The normalized spacial score (nSPS) is 13.0. The van der Waals surface area contributed by atoms with E-state index < -0.39 is 10.0 Å². The van der Waals surface area contributed by atoms with Gasteiger partial charge in [0.1, 0.15) is 4.90 Å². The molecule has 0 saturated heterocycles. The van der Waals surface area contributed by atoms with Crippen LogP contribution in [0.4, 0.5) is 11.4 Å². The fourth-order valence-electron chi connectivity index (χ4n) is 1.77. The molecule has 0 amide bonds. The molecule has 110 valence electrons. The van der Waals surface area contributed by atoms with Crippen LogP contribution in [0.5, 0.6) is 0 Å². The molecular formula is C13H20N4O2S. The molecule has 20 heavy (non-hydrogen) atoms. The summed E-state index contributed by atoms with van der Waals surface area (Å²) >= 11 is 0. The van der Waals surface area contributed by atoms with E-state index >= 15 is 0 Å². The predicted octanol–water partition coefficient (Wildman–Crippen LogP) is 1.26. The molecule has 2 N–H and O–H groups in total. The van der Waals surface area contributed by atoms with E-state index in [9.17, 15) is 8.42 Å². The van der Waals surface area contributed by atoms with E-state index in [-0.39, 0.29) is 16.6 Å². The average molecular weight is 296 g/mol. The Hall–Kier alpha value is -1.78. The van der Waals surface area contributed by atoms with Crippen LogP contribution in [0.25, 0.3) is 0 Å². The predicted molar refractivity (Wildman–Crippen MR) is 79.8 cm³/mol. The Morgan fingerprint density at radius 2 is 1.95 bits per heavy atom. The minimum Gasteiger partial charge on any atom is -0.396 e. The average Bonchev–Trinajstić information content (AvgIpc) is 2.38. The molecule has 0 aromatic heterocycles. The number of benzene rings is 1. The molecular weight excluding hydrogens is 276 g/mol. The lowest BCUT2D eigenvalue weighted by Crippen LogP contribution is -2.30. The summed E-state index contributed by atoms with van der Waals surface area (Å²) in [7, 11) is 1.13. The zero-order valence-corrected chi connectivity index (χ0v) is 13.0. The Bertz CT molecular complexity index is 620. The highest BCUT2D eigenvalue weighted by molar-refractivity contribution is 7.89. The second kappa shape index (κ2) is 6.11. The number of anilines is 2. The molecule has 0 spiro atoms. The number of para-hydroxylation sites is 1. The molecule has 0 heterocycles. The fraction of sp³-hybridized carbons (Fsp3) is 0.462. The molecule has 6 nitrogen and oxygen atoms in total. The number of nitrogens with zero attached hydrogens (tertiary/aromatic N) is 3. The number of hydrogen-bond acceptors (Lipinski definition) is 5. The van der Waals surface area contributed by atoms with Crippen LogP contribution >= 0.6 is 0 Å². The standard InChI is InChI=1S/C13H20N4O2S/c1-10(8-9-14)17(4)11-6-5-7-12(13(11)15)20(18,19)16(2)3/h5-7,10H,8,15H2,1-4H3. The van der Waals surface area contributed by atoms with E-state index in [0.29, 0.717) is 12.1 Å². The summed E-state index contributed by atoms with van der Waals surface area (Å²) in [4.78, 5) is 1.89. The number of hydrogen-bond donors (Lipinski definition) is 1. The summed E-state index contributed by atoms with van der Waals surface area (Å²) in [6.07, 6.45) is 0.334. The number of rotatable bonds is 5. The monoisotopic (exact) mass is 296 g/mol. The van der Waals surface area contributed by atoms with Gasteiger partial charge in [-0.15, -0.1) is 0 Å². The quantitative estimate of drug-likeness (QED) is 0.826. The van der Waals surface area contributed by atoms with Crippen LogP contribution in [-0.2, 0) is 10.0 Å². The van der Waals surface area contributed by atoms with Gasteiger partial charge in [0.15, 0.2) is 0 Å². The molecule has 1 atom stereocenters. The second-order valence-electron chi connectivity index (χ2n) is 4.80. The smallest absolute Gasteiger partial charge is 0.244 e. The van der Waals surface area contributed by atoms with Crippen molar-refractivity contribution < 1.29 is 8.42 Å². The fourth-order valence-corrected chi connectivity index (χ4v) is 2.79. The van der Waals surface area contributed by atoms with Gasteiger partial charge in [-0.1, -0.05) is 6.07 Å². The van der Waals surface area contributed by atoms with Gasteiger partial charge in [0.25, 0.3) is 0 Å². The summed E-state index contributed by atoms with van der Waals surface area (Å²) in [6.45, 7) is 1.88. The third-order valence-electron chi connectivity index (χ3n) is 3.23. The van der Waals surface area contributed by atoms with Gasteiger partial charge in [0.2, 0.25) is 10.0 Å². The van der Waals surface area contributed by atoms with Crippen molar-refractivity contribution in [2.24, 2.45) is 0 Å². The maximum absolute atomic E-state index is 12.2. The molecule has 1 rings (SSSR count). The van der Waals surface area contributed by atoms with Crippen molar-refractivity contribution in [2.45, 2.75) is 24.3 Å².